The Labute approximate surface area is 160 Å². The summed E-state index contributed by atoms with van der Waals surface area (Å²) in [4.78, 5) is 17.7. The number of piperidine rings is 2. The van der Waals surface area contributed by atoms with Gasteiger partial charge in [-0.1, -0.05) is 30.3 Å². The average Bonchev–Trinajstić information content (AvgIpc) is 2.71. The summed E-state index contributed by atoms with van der Waals surface area (Å²) in [5.74, 6) is -0.0206. The molecule has 2 heterocycles. The molecule has 2 aromatic rings. The van der Waals surface area contributed by atoms with Gasteiger partial charge in [0.25, 0.3) is 0 Å². The molecule has 27 heavy (non-hydrogen) atoms. The first-order chi connectivity index (χ1) is 13.2. The third kappa shape index (κ3) is 3.91. The van der Waals surface area contributed by atoms with Crippen molar-refractivity contribution in [3.8, 4) is 0 Å². The molecule has 0 atom stereocenters. The van der Waals surface area contributed by atoms with E-state index in [1.54, 1.807) is 12.1 Å². The van der Waals surface area contributed by atoms with Crippen molar-refractivity contribution in [1.29, 1.82) is 0 Å². The Hall–Kier alpha value is -2.20. The zero-order chi connectivity index (χ0) is 18.7. The molecule has 4 heteroatoms. The van der Waals surface area contributed by atoms with Gasteiger partial charge in [0.1, 0.15) is 5.82 Å². The van der Waals surface area contributed by atoms with E-state index in [1.165, 1.54) is 17.7 Å². The van der Waals surface area contributed by atoms with E-state index >= 15 is 0 Å². The molecule has 1 amide bonds. The first-order valence-corrected chi connectivity index (χ1v) is 10.0. The number of benzene rings is 2. The quantitative estimate of drug-likeness (QED) is 0.806. The van der Waals surface area contributed by atoms with Gasteiger partial charge < -0.3 is 9.80 Å². The summed E-state index contributed by atoms with van der Waals surface area (Å²) in [7, 11) is 0. The highest BCUT2D eigenvalue weighted by Gasteiger charge is 2.45. The molecule has 1 spiro atoms. The van der Waals surface area contributed by atoms with Gasteiger partial charge in [0.05, 0.1) is 5.41 Å². The fourth-order valence-electron chi connectivity index (χ4n) is 4.54. The maximum atomic E-state index is 13.3. The van der Waals surface area contributed by atoms with E-state index in [4.69, 9.17) is 0 Å². The molecule has 2 aliphatic rings. The highest BCUT2D eigenvalue weighted by molar-refractivity contribution is 5.98. The zero-order valence-corrected chi connectivity index (χ0v) is 15.7. The lowest BCUT2D eigenvalue weighted by Crippen LogP contribution is -2.54. The zero-order valence-electron chi connectivity index (χ0n) is 15.7. The average molecular weight is 366 g/mol. The second-order valence-corrected chi connectivity index (χ2v) is 7.89. The molecule has 0 saturated carbocycles. The van der Waals surface area contributed by atoms with Gasteiger partial charge in [-0.2, -0.15) is 0 Å². The number of anilines is 1. The van der Waals surface area contributed by atoms with Gasteiger partial charge in [0.15, 0.2) is 0 Å². The van der Waals surface area contributed by atoms with Crippen molar-refractivity contribution < 1.29 is 9.18 Å². The Morgan fingerprint density at radius 2 is 1.59 bits per heavy atom. The molecule has 2 fully saturated rings. The molecule has 0 unspecified atom stereocenters. The van der Waals surface area contributed by atoms with Gasteiger partial charge in [0, 0.05) is 18.8 Å². The molecule has 2 aliphatic heterocycles. The number of rotatable bonds is 4. The molecule has 4 rings (SSSR count). The van der Waals surface area contributed by atoms with Gasteiger partial charge in [-0.3, -0.25) is 4.79 Å². The van der Waals surface area contributed by atoms with Crippen molar-refractivity contribution >= 4 is 11.6 Å². The Bertz CT molecular complexity index is 767. The Balaban J connectivity index is 1.38. The molecule has 0 aromatic heterocycles. The predicted molar refractivity (Wildman–Crippen MR) is 106 cm³/mol. The molecule has 3 nitrogen and oxygen atoms in total. The smallest absolute Gasteiger partial charge is 0.233 e. The predicted octanol–water partition coefficient (Wildman–Crippen LogP) is 4.28. The van der Waals surface area contributed by atoms with Gasteiger partial charge in [-0.05, 0) is 75.0 Å². The van der Waals surface area contributed by atoms with Gasteiger partial charge >= 0.3 is 0 Å². The molecule has 2 saturated heterocycles. The number of nitrogens with zero attached hydrogens (tertiary/aromatic N) is 2. The van der Waals surface area contributed by atoms with Crippen LogP contribution in [-0.2, 0) is 11.2 Å². The number of carbonyl (C=O) groups excluding carboxylic acids is 1. The summed E-state index contributed by atoms with van der Waals surface area (Å²) in [5, 5.41) is 0. The van der Waals surface area contributed by atoms with Crippen molar-refractivity contribution in [3.05, 3.63) is 66.0 Å². The minimum absolute atomic E-state index is 0.226. The fourth-order valence-corrected chi connectivity index (χ4v) is 4.54. The molecule has 0 radical (unpaired) electrons. The van der Waals surface area contributed by atoms with E-state index in [-0.39, 0.29) is 17.1 Å². The van der Waals surface area contributed by atoms with Crippen LogP contribution >= 0.6 is 0 Å². The highest BCUT2D eigenvalue weighted by Crippen LogP contribution is 2.42. The van der Waals surface area contributed by atoms with Crippen LogP contribution in [0.3, 0.4) is 0 Å². The minimum atomic E-state index is -0.260. The Kier molecular flexibility index (Phi) is 5.26. The van der Waals surface area contributed by atoms with Crippen LogP contribution in [-0.4, -0.2) is 37.0 Å². The van der Waals surface area contributed by atoms with E-state index in [9.17, 15) is 9.18 Å². The highest BCUT2D eigenvalue weighted by atomic mass is 19.1. The lowest BCUT2D eigenvalue weighted by Gasteiger charge is -2.46. The van der Waals surface area contributed by atoms with Crippen molar-refractivity contribution in [1.82, 2.24) is 4.90 Å². The minimum Gasteiger partial charge on any atom is -0.312 e. The topological polar surface area (TPSA) is 23.6 Å². The summed E-state index contributed by atoms with van der Waals surface area (Å²) < 4.78 is 13.2. The lowest BCUT2D eigenvalue weighted by molar-refractivity contribution is -0.133. The summed E-state index contributed by atoms with van der Waals surface area (Å²) >= 11 is 0. The molecule has 2 aromatic carbocycles. The van der Waals surface area contributed by atoms with E-state index in [0.29, 0.717) is 0 Å². The number of amides is 1. The summed E-state index contributed by atoms with van der Waals surface area (Å²) in [6, 6.07) is 16.9. The standard InChI is InChI=1S/C23H27FN2O/c24-20-7-9-21(10-8-20)26-15-4-12-23(22(26)27)13-17-25(18-14-23)16-11-19-5-2-1-3-6-19/h1-3,5-10H,4,11-18H2. The second kappa shape index (κ2) is 7.81. The van der Waals surface area contributed by atoms with Crippen LogP contribution in [0.4, 0.5) is 10.1 Å². The van der Waals surface area contributed by atoms with Crippen LogP contribution in [0.5, 0.6) is 0 Å². The molecule has 0 N–H and O–H groups in total. The van der Waals surface area contributed by atoms with Crippen LogP contribution in [0.2, 0.25) is 0 Å². The SMILES string of the molecule is O=C1N(c2ccc(F)cc2)CCCC12CCN(CCc1ccccc1)CC2. The van der Waals surface area contributed by atoms with E-state index in [0.717, 1.165) is 64.0 Å². The molecule has 0 aliphatic carbocycles. The number of carbonyl (C=O) groups is 1. The van der Waals surface area contributed by atoms with Crippen LogP contribution in [0.1, 0.15) is 31.2 Å². The van der Waals surface area contributed by atoms with E-state index in [1.807, 2.05) is 4.90 Å². The summed E-state index contributed by atoms with van der Waals surface area (Å²) in [6.45, 7) is 3.76. The first-order valence-electron chi connectivity index (χ1n) is 10.0. The van der Waals surface area contributed by atoms with Crippen LogP contribution in [0.25, 0.3) is 0 Å². The maximum absolute atomic E-state index is 13.3. The molecular formula is C23H27FN2O. The lowest BCUT2D eigenvalue weighted by atomic mass is 9.71. The number of likely N-dealkylation sites (tertiary alicyclic amines) is 1. The number of hydrogen-bond donors (Lipinski definition) is 0. The first kappa shape index (κ1) is 18.2. The Morgan fingerprint density at radius 3 is 2.30 bits per heavy atom. The largest absolute Gasteiger partial charge is 0.312 e. The van der Waals surface area contributed by atoms with Crippen molar-refractivity contribution in [3.63, 3.8) is 0 Å². The third-order valence-corrected chi connectivity index (χ3v) is 6.25. The summed E-state index contributed by atoms with van der Waals surface area (Å²) in [5.41, 5.74) is 1.97. The van der Waals surface area contributed by atoms with Crippen molar-refractivity contribution in [2.24, 2.45) is 5.41 Å². The number of hydrogen-bond acceptors (Lipinski definition) is 2. The van der Waals surface area contributed by atoms with Crippen LogP contribution < -0.4 is 4.90 Å². The molecule has 142 valence electrons. The second-order valence-electron chi connectivity index (χ2n) is 7.89. The monoisotopic (exact) mass is 366 g/mol. The summed E-state index contributed by atoms with van der Waals surface area (Å²) in [6.07, 6.45) is 4.92. The fraction of sp³-hybridized carbons (Fsp3) is 0.435. The molecular weight excluding hydrogens is 339 g/mol. The third-order valence-electron chi connectivity index (χ3n) is 6.25. The van der Waals surface area contributed by atoms with Gasteiger partial charge in [-0.25, -0.2) is 4.39 Å². The van der Waals surface area contributed by atoms with Crippen LogP contribution in [0.15, 0.2) is 54.6 Å². The molecule has 0 bridgehead atoms. The van der Waals surface area contributed by atoms with E-state index in [2.05, 4.69) is 35.2 Å². The van der Waals surface area contributed by atoms with Crippen molar-refractivity contribution in [2.45, 2.75) is 32.1 Å². The van der Waals surface area contributed by atoms with Gasteiger partial charge in [-0.15, -0.1) is 0 Å². The number of halogens is 1. The van der Waals surface area contributed by atoms with Crippen molar-refractivity contribution in [2.75, 3.05) is 31.1 Å². The van der Waals surface area contributed by atoms with Gasteiger partial charge in [0.2, 0.25) is 5.91 Å². The van der Waals surface area contributed by atoms with Crippen LogP contribution in [0, 0.1) is 11.2 Å². The Morgan fingerprint density at radius 1 is 0.889 bits per heavy atom. The van der Waals surface area contributed by atoms with E-state index < -0.39 is 0 Å². The maximum Gasteiger partial charge on any atom is 0.233 e. The normalized spacial score (nSPS) is 20.2.